The van der Waals surface area contributed by atoms with E-state index in [9.17, 15) is 0 Å². The van der Waals surface area contributed by atoms with Gasteiger partial charge in [0, 0.05) is 36.9 Å². The van der Waals surface area contributed by atoms with Gasteiger partial charge in [-0.2, -0.15) is 0 Å². The molecule has 10 rings (SSSR count). The second kappa shape index (κ2) is 10.7. The number of nitrogens with zero attached hydrogens (tertiary/aromatic N) is 4. The number of oxazole rings is 1. The molecule has 0 radical (unpaired) electrons. The third-order valence-corrected chi connectivity index (χ3v) is 10.1. The van der Waals surface area contributed by atoms with Gasteiger partial charge in [0.25, 0.3) is 0 Å². The Morgan fingerprint density at radius 2 is 1.08 bits per heavy atom. The van der Waals surface area contributed by atoms with Crippen LogP contribution >= 0.6 is 11.3 Å². The normalized spacial score (nSPS) is 11.8. The van der Waals surface area contributed by atoms with Crippen molar-refractivity contribution in [2.24, 2.45) is 0 Å². The van der Waals surface area contributed by atoms with Crippen LogP contribution in [0.5, 0.6) is 0 Å². The Morgan fingerprint density at radius 1 is 0.458 bits per heavy atom. The first-order chi connectivity index (χ1) is 23.8. The highest BCUT2D eigenvalue weighted by molar-refractivity contribution is 7.26. The number of rotatable bonds is 4. The van der Waals surface area contributed by atoms with Crippen molar-refractivity contribution >= 4 is 64.2 Å². The molecule has 3 aromatic heterocycles. The predicted molar refractivity (Wildman–Crippen MR) is 197 cm³/mol. The highest BCUT2D eigenvalue weighted by Gasteiger charge is 2.24. The molecular weight excluding hydrogens is 609 g/mol. The van der Waals surface area contributed by atoms with Crippen LogP contribution in [0.25, 0.3) is 98.4 Å². The highest BCUT2D eigenvalue weighted by Crippen LogP contribution is 2.45. The molecule has 0 spiro atoms. The van der Waals surface area contributed by atoms with E-state index in [1.807, 2.05) is 60.7 Å². The van der Waals surface area contributed by atoms with Gasteiger partial charge < -0.3 is 4.42 Å². The van der Waals surface area contributed by atoms with Gasteiger partial charge in [0.1, 0.15) is 5.52 Å². The Hall–Kier alpha value is -6.24. The molecule has 0 aliphatic rings. The number of benzene rings is 7. The summed E-state index contributed by atoms with van der Waals surface area (Å²) in [4.78, 5) is 20.7. The standard InChI is InChI=1S/C42H24N4OS/c1-3-13-25(14-4-1)39-44-40(32-23-27-17-7-8-18-28(27)29-19-9-10-20-30(29)32)46-41(45-39)37-36-31-21-11-12-22-34(31)48-35(36)24-33-38(37)47-42(43-33)26-15-5-2-6-16-26/h1-24H. The third-order valence-electron chi connectivity index (χ3n) is 8.94. The molecule has 0 N–H and O–H groups in total. The van der Waals surface area contributed by atoms with Crippen molar-refractivity contribution in [1.82, 2.24) is 19.9 Å². The van der Waals surface area contributed by atoms with Crippen molar-refractivity contribution in [2.75, 3.05) is 0 Å². The molecule has 0 fully saturated rings. The van der Waals surface area contributed by atoms with Gasteiger partial charge in [-0.3, -0.25) is 0 Å². The zero-order valence-corrected chi connectivity index (χ0v) is 26.3. The maximum Gasteiger partial charge on any atom is 0.227 e. The zero-order chi connectivity index (χ0) is 31.6. The summed E-state index contributed by atoms with van der Waals surface area (Å²) in [6, 6.07) is 49.9. The van der Waals surface area contributed by atoms with Crippen LogP contribution in [0.2, 0.25) is 0 Å². The maximum atomic E-state index is 6.68. The molecule has 0 atom stereocenters. The quantitative estimate of drug-likeness (QED) is 0.181. The molecule has 48 heavy (non-hydrogen) atoms. The van der Waals surface area contributed by atoms with E-state index in [0.717, 1.165) is 59.4 Å². The molecule has 0 unspecified atom stereocenters. The van der Waals surface area contributed by atoms with E-state index >= 15 is 0 Å². The van der Waals surface area contributed by atoms with Crippen LogP contribution in [-0.2, 0) is 0 Å². The van der Waals surface area contributed by atoms with Crippen LogP contribution in [0.4, 0.5) is 0 Å². The second-order valence-electron chi connectivity index (χ2n) is 11.8. The Morgan fingerprint density at radius 3 is 1.90 bits per heavy atom. The molecule has 3 heterocycles. The first-order valence-electron chi connectivity index (χ1n) is 15.8. The predicted octanol–water partition coefficient (Wildman–Crippen LogP) is 11.4. The highest BCUT2D eigenvalue weighted by atomic mass is 32.1. The lowest BCUT2D eigenvalue weighted by Gasteiger charge is -2.13. The summed E-state index contributed by atoms with van der Waals surface area (Å²) < 4.78 is 8.96. The average molecular weight is 633 g/mol. The second-order valence-corrected chi connectivity index (χ2v) is 12.9. The van der Waals surface area contributed by atoms with Crippen molar-refractivity contribution in [1.29, 1.82) is 0 Å². The molecule has 0 aliphatic carbocycles. The van der Waals surface area contributed by atoms with Crippen molar-refractivity contribution in [3.05, 3.63) is 146 Å². The van der Waals surface area contributed by atoms with E-state index in [0.29, 0.717) is 28.9 Å². The summed E-state index contributed by atoms with van der Waals surface area (Å²) in [6.45, 7) is 0. The lowest BCUT2D eigenvalue weighted by Crippen LogP contribution is -2.01. The third kappa shape index (κ3) is 4.24. The SMILES string of the molecule is c1ccc(-c2nc(-c3cc4ccccc4c4ccccc34)nc(-c3c4oc(-c5ccccc5)nc4cc4sc5ccccc5c34)n2)cc1. The van der Waals surface area contributed by atoms with E-state index in [-0.39, 0.29) is 0 Å². The fourth-order valence-electron chi connectivity index (χ4n) is 6.75. The number of hydrogen-bond acceptors (Lipinski definition) is 6. The van der Waals surface area contributed by atoms with E-state index < -0.39 is 0 Å². The Balaban J connectivity index is 1.34. The Labute approximate surface area is 278 Å². The summed E-state index contributed by atoms with van der Waals surface area (Å²) in [5.74, 6) is 2.31. The van der Waals surface area contributed by atoms with Gasteiger partial charge in [0.05, 0.1) is 5.56 Å². The minimum atomic E-state index is 0.547. The fraction of sp³-hybridized carbons (Fsp3) is 0. The van der Waals surface area contributed by atoms with Crippen LogP contribution in [-0.4, -0.2) is 19.9 Å². The van der Waals surface area contributed by atoms with Crippen LogP contribution in [0, 0.1) is 0 Å². The maximum absolute atomic E-state index is 6.68. The zero-order valence-electron chi connectivity index (χ0n) is 25.5. The summed E-state index contributed by atoms with van der Waals surface area (Å²) >= 11 is 1.74. The minimum absolute atomic E-state index is 0.547. The topological polar surface area (TPSA) is 64.7 Å². The molecule has 6 heteroatoms. The van der Waals surface area contributed by atoms with Crippen molar-refractivity contribution in [3.63, 3.8) is 0 Å². The Bertz CT molecular complexity index is 2840. The lowest BCUT2D eigenvalue weighted by molar-refractivity contribution is 0.621. The van der Waals surface area contributed by atoms with E-state index in [2.05, 4.69) is 84.9 Å². The van der Waals surface area contributed by atoms with Gasteiger partial charge in [-0.25, -0.2) is 19.9 Å². The van der Waals surface area contributed by atoms with Gasteiger partial charge in [-0.1, -0.05) is 115 Å². The summed E-state index contributed by atoms with van der Waals surface area (Å²) in [6.07, 6.45) is 0. The number of thiophene rings is 1. The van der Waals surface area contributed by atoms with Crippen molar-refractivity contribution in [3.8, 4) is 45.6 Å². The molecule has 224 valence electrons. The van der Waals surface area contributed by atoms with E-state index in [1.165, 1.54) is 10.1 Å². The molecule has 5 nitrogen and oxygen atoms in total. The van der Waals surface area contributed by atoms with Gasteiger partial charge in [-0.05, 0) is 51.9 Å². The smallest absolute Gasteiger partial charge is 0.227 e. The van der Waals surface area contributed by atoms with E-state index in [4.69, 9.17) is 24.4 Å². The molecule has 0 saturated carbocycles. The average Bonchev–Trinajstić information content (AvgIpc) is 3.75. The van der Waals surface area contributed by atoms with Gasteiger partial charge >= 0.3 is 0 Å². The molecule has 10 aromatic rings. The number of hydrogen-bond donors (Lipinski definition) is 0. The number of aromatic nitrogens is 4. The van der Waals surface area contributed by atoms with E-state index in [1.54, 1.807) is 11.3 Å². The van der Waals surface area contributed by atoms with Crippen LogP contribution in [0.15, 0.2) is 150 Å². The molecule has 0 bridgehead atoms. The molecule has 0 saturated heterocycles. The Kier molecular flexibility index (Phi) is 5.98. The minimum Gasteiger partial charge on any atom is -0.435 e. The van der Waals surface area contributed by atoms with Gasteiger partial charge in [0.2, 0.25) is 5.89 Å². The first-order valence-corrected chi connectivity index (χ1v) is 16.6. The van der Waals surface area contributed by atoms with Crippen LogP contribution in [0.1, 0.15) is 0 Å². The summed E-state index contributed by atoms with van der Waals surface area (Å²) in [7, 11) is 0. The summed E-state index contributed by atoms with van der Waals surface area (Å²) in [5.41, 5.74) is 5.02. The van der Waals surface area contributed by atoms with Crippen LogP contribution in [0.3, 0.4) is 0 Å². The molecule has 0 amide bonds. The molecular formula is C42H24N4OS. The number of fused-ring (bicyclic) bond motifs is 7. The summed E-state index contributed by atoms with van der Waals surface area (Å²) in [5, 5.41) is 6.75. The largest absolute Gasteiger partial charge is 0.435 e. The van der Waals surface area contributed by atoms with Gasteiger partial charge in [0.15, 0.2) is 23.1 Å². The van der Waals surface area contributed by atoms with Crippen molar-refractivity contribution in [2.45, 2.75) is 0 Å². The van der Waals surface area contributed by atoms with Gasteiger partial charge in [-0.15, -0.1) is 11.3 Å². The van der Waals surface area contributed by atoms with Crippen LogP contribution < -0.4 is 0 Å². The molecule has 0 aliphatic heterocycles. The fourth-order valence-corrected chi connectivity index (χ4v) is 7.90. The first kappa shape index (κ1) is 26.9. The van der Waals surface area contributed by atoms with Crippen molar-refractivity contribution < 1.29 is 4.42 Å². The lowest BCUT2D eigenvalue weighted by atomic mass is 9.96. The molecule has 7 aromatic carbocycles. The monoisotopic (exact) mass is 632 g/mol.